The Bertz CT molecular complexity index is 507. The van der Waals surface area contributed by atoms with Crippen molar-refractivity contribution in [3.05, 3.63) is 27.1 Å². The molecule has 0 aliphatic carbocycles. The van der Waals surface area contributed by atoms with Gasteiger partial charge in [0.2, 0.25) is 5.91 Å². The predicted octanol–water partition coefficient (Wildman–Crippen LogP) is 3.50. The van der Waals surface area contributed by atoms with Gasteiger partial charge in [-0.05, 0) is 40.0 Å². The normalized spacial score (nSPS) is 10.3. The number of benzene rings is 1. The highest BCUT2D eigenvalue weighted by Crippen LogP contribution is 2.25. The Morgan fingerprint density at radius 2 is 1.90 bits per heavy atom. The molecule has 21 heavy (non-hydrogen) atoms. The number of urea groups is 1. The average molecular weight is 421 g/mol. The zero-order valence-corrected chi connectivity index (χ0v) is 15.2. The predicted molar refractivity (Wildman–Crippen MR) is 91.3 cm³/mol. The lowest BCUT2D eigenvalue weighted by molar-refractivity contribution is -0.121. The van der Waals surface area contributed by atoms with Crippen LogP contribution in [0.25, 0.3) is 0 Å². The molecule has 0 atom stereocenters. The summed E-state index contributed by atoms with van der Waals surface area (Å²) in [5.74, 6) is 0.355. The number of carbonyl (C=O) groups is 2. The molecule has 0 aliphatic heterocycles. The summed E-state index contributed by atoms with van der Waals surface area (Å²) in [5.41, 5.74) is 0.667. The van der Waals surface area contributed by atoms with Crippen LogP contribution in [0, 0.1) is 5.92 Å². The zero-order chi connectivity index (χ0) is 15.8. The second-order valence-electron chi connectivity index (χ2n) is 4.95. The van der Waals surface area contributed by atoms with Gasteiger partial charge in [-0.25, -0.2) is 4.79 Å². The molecule has 0 spiro atoms. The molecule has 0 saturated heterocycles. The first kappa shape index (κ1) is 18.0. The highest BCUT2D eigenvalue weighted by atomic mass is 79.9. The van der Waals surface area contributed by atoms with Crippen LogP contribution in [0.1, 0.15) is 20.3 Å². The van der Waals surface area contributed by atoms with E-state index in [4.69, 9.17) is 0 Å². The maximum absolute atomic E-state index is 11.7. The van der Waals surface area contributed by atoms with Crippen molar-refractivity contribution in [3.8, 4) is 0 Å². The van der Waals surface area contributed by atoms with Crippen molar-refractivity contribution in [1.82, 2.24) is 10.6 Å². The van der Waals surface area contributed by atoms with Gasteiger partial charge in [-0.15, -0.1) is 0 Å². The van der Waals surface area contributed by atoms with E-state index in [1.165, 1.54) is 0 Å². The molecule has 1 rings (SSSR count). The van der Waals surface area contributed by atoms with Crippen LogP contribution in [-0.4, -0.2) is 25.0 Å². The van der Waals surface area contributed by atoms with Crippen LogP contribution in [-0.2, 0) is 4.79 Å². The van der Waals surface area contributed by atoms with E-state index in [1.54, 1.807) is 6.07 Å². The summed E-state index contributed by atoms with van der Waals surface area (Å²) in [4.78, 5) is 23.2. The molecule has 0 aliphatic rings. The minimum Gasteiger partial charge on any atom is -0.356 e. The molecule has 5 nitrogen and oxygen atoms in total. The van der Waals surface area contributed by atoms with Crippen molar-refractivity contribution in [3.63, 3.8) is 0 Å². The summed E-state index contributed by atoms with van der Waals surface area (Å²) in [6.07, 6.45) is 0.266. The third-order valence-electron chi connectivity index (χ3n) is 2.52. The van der Waals surface area contributed by atoms with Crippen molar-refractivity contribution >= 4 is 49.5 Å². The number of hydrogen-bond donors (Lipinski definition) is 3. The molecular weight excluding hydrogens is 402 g/mol. The molecule has 0 fully saturated rings. The van der Waals surface area contributed by atoms with Gasteiger partial charge in [0.1, 0.15) is 0 Å². The lowest BCUT2D eigenvalue weighted by Gasteiger charge is -2.10. The van der Waals surface area contributed by atoms with Crippen LogP contribution in [0.4, 0.5) is 10.5 Å². The molecule has 7 heteroatoms. The van der Waals surface area contributed by atoms with E-state index in [0.29, 0.717) is 24.7 Å². The standard InChI is InChI=1S/C14H19Br2N3O2/c1-9(2)8-18-13(20)5-6-17-14(21)19-12-4-3-10(15)7-11(12)16/h3-4,7,9H,5-6,8H2,1-2H3,(H,18,20)(H2,17,19,21). The SMILES string of the molecule is CC(C)CNC(=O)CCNC(=O)Nc1ccc(Br)cc1Br. The maximum atomic E-state index is 11.7. The molecule has 0 radical (unpaired) electrons. The summed E-state index contributed by atoms with van der Waals surface area (Å²) < 4.78 is 1.70. The summed E-state index contributed by atoms with van der Waals surface area (Å²) in [7, 11) is 0. The van der Waals surface area contributed by atoms with E-state index in [2.05, 4.69) is 47.8 Å². The molecule has 0 bridgehead atoms. The fraction of sp³-hybridized carbons (Fsp3) is 0.429. The first-order valence-corrected chi connectivity index (χ1v) is 8.23. The van der Waals surface area contributed by atoms with E-state index in [0.717, 1.165) is 8.95 Å². The average Bonchev–Trinajstić information content (AvgIpc) is 2.39. The first-order valence-electron chi connectivity index (χ1n) is 6.65. The Morgan fingerprint density at radius 1 is 1.19 bits per heavy atom. The Morgan fingerprint density at radius 3 is 2.52 bits per heavy atom. The van der Waals surface area contributed by atoms with E-state index >= 15 is 0 Å². The minimum absolute atomic E-state index is 0.0613. The first-order chi connectivity index (χ1) is 9.88. The molecule has 1 aromatic rings. The summed E-state index contributed by atoms with van der Waals surface area (Å²) in [6.45, 7) is 5.00. The second kappa shape index (κ2) is 9.04. The highest BCUT2D eigenvalue weighted by Gasteiger charge is 2.07. The molecule has 1 aromatic carbocycles. The fourth-order valence-corrected chi connectivity index (χ4v) is 2.60. The number of amides is 3. The van der Waals surface area contributed by atoms with Gasteiger partial charge in [-0.3, -0.25) is 4.79 Å². The van der Waals surface area contributed by atoms with E-state index in [1.807, 2.05) is 26.0 Å². The Labute approximate surface area is 141 Å². The smallest absolute Gasteiger partial charge is 0.319 e. The third-order valence-corrected chi connectivity index (χ3v) is 3.67. The van der Waals surface area contributed by atoms with Crippen LogP contribution in [0.5, 0.6) is 0 Å². The van der Waals surface area contributed by atoms with Gasteiger partial charge in [0.15, 0.2) is 0 Å². The van der Waals surface area contributed by atoms with Crippen molar-refractivity contribution < 1.29 is 9.59 Å². The Hall–Kier alpha value is -1.08. The van der Waals surface area contributed by atoms with Crippen molar-refractivity contribution in [2.45, 2.75) is 20.3 Å². The van der Waals surface area contributed by atoms with E-state index in [-0.39, 0.29) is 18.4 Å². The largest absolute Gasteiger partial charge is 0.356 e. The molecule has 3 amide bonds. The number of hydrogen-bond acceptors (Lipinski definition) is 2. The Balaban J connectivity index is 2.29. The van der Waals surface area contributed by atoms with Gasteiger partial charge in [-0.1, -0.05) is 29.8 Å². The summed E-state index contributed by atoms with van der Waals surface area (Å²) in [6, 6.07) is 5.12. The topological polar surface area (TPSA) is 70.2 Å². The molecule has 0 aromatic heterocycles. The van der Waals surface area contributed by atoms with Crippen LogP contribution in [0.3, 0.4) is 0 Å². The highest BCUT2D eigenvalue weighted by molar-refractivity contribution is 9.11. The Kier molecular flexibility index (Phi) is 7.74. The molecule has 3 N–H and O–H groups in total. The maximum Gasteiger partial charge on any atom is 0.319 e. The van der Waals surface area contributed by atoms with Crippen molar-refractivity contribution in [2.75, 3.05) is 18.4 Å². The van der Waals surface area contributed by atoms with Crippen LogP contribution in [0.15, 0.2) is 27.1 Å². The van der Waals surface area contributed by atoms with Crippen LogP contribution >= 0.6 is 31.9 Å². The monoisotopic (exact) mass is 419 g/mol. The van der Waals surface area contributed by atoms with Gasteiger partial charge in [-0.2, -0.15) is 0 Å². The van der Waals surface area contributed by atoms with E-state index < -0.39 is 0 Å². The zero-order valence-electron chi connectivity index (χ0n) is 12.0. The van der Waals surface area contributed by atoms with Crippen LogP contribution < -0.4 is 16.0 Å². The van der Waals surface area contributed by atoms with E-state index in [9.17, 15) is 9.59 Å². The van der Waals surface area contributed by atoms with Gasteiger partial charge >= 0.3 is 6.03 Å². The summed E-state index contributed by atoms with van der Waals surface area (Å²) >= 11 is 6.71. The molecular formula is C14H19Br2N3O2. The second-order valence-corrected chi connectivity index (χ2v) is 6.72. The quantitative estimate of drug-likeness (QED) is 0.659. The molecule has 0 unspecified atom stereocenters. The van der Waals surface area contributed by atoms with Gasteiger partial charge in [0.25, 0.3) is 0 Å². The molecule has 116 valence electrons. The number of carbonyl (C=O) groups excluding carboxylic acids is 2. The van der Waals surface area contributed by atoms with Gasteiger partial charge in [0, 0.05) is 28.5 Å². The molecule has 0 heterocycles. The third kappa shape index (κ3) is 7.47. The number of halogens is 2. The summed E-state index contributed by atoms with van der Waals surface area (Å²) in [5, 5.41) is 8.16. The lowest BCUT2D eigenvalue weighted by atomic mass is 10.2. The van der Waals surface area contributed by atoms with Gasteiger partial charge in [0.05, 0.1) is 5.69 Å². The minimum atomic E-state index is -0.338. The van der Waals surface area contributed by atoms with Crippen LogP contribution in [0.2, 0.25) is 0 Å². The van der Waals surface area contributed by atoms with Gasteiger partial charge < -0.3 is 16.0 Å². The fourth-order valence-electron chi connectivity index (χ4n) is 1.45. The molecule has 0 saturated carbocycles. The number of nitrogens with one attached hydrogen (secondary N) is 3. The number of anilines is 1. The number of rotatable bonds is 6. The lowest BCUT2D eigenvalue weighted by Crippen LogP contribution is -2.34. The van der Waals surface area contributed by atoms with Crippen molar-refractivity contribution in [1.29, 1.82) is 0 Å². The van der Waals surface area contributed by atoms with Crippen molar-refractivity contribution in [2.24, 2.45) is 5.92 Å².